The van der Waals surface area contributed by atoms with Crippen LogP contribution in [0.1, 0.15) is 17.2 Å². The molecule has 2 aromatic rings. The Hall–Kier alpha value is -1.10. The molecule has 1 unspecified atom stereocenters. The lowest BCUT2D eigenvalue weighted by atomic mass is 9.98. The SMILES string of the molecule is CNC(c1ccc(Cl)c(OC)c1)c1ccc(F)cc1Br. The van der Waals surface area contributed by atoms with Crippen LogP contribution in [0, 0.1) is 5.82 Å². The fraction of sp³-hybridized carbons (Fsp3) is 0.200. The zero-order valence-electron chi connectivity index (χ0n) is 11.1. The lowest BCUT2D eigenvalue weighted by Crippen LogP contribution is -2.18. The zero-order chi connectivity index (χ0) is 14.7. The third-order valence-electron chi connectivity index (χ3n) is 3.07. The number of ether oxygens (including phenoxy) is 1. The summed E-state index contributed by atoms with van der Waals surface area (Å²) >= 11 is 9.44. The highest BCUT2D eigenvalue weighted by molar-refractivity contribution is 9.10. The first-order valence-electron chi connectivity index (χ1n) is 6.02. The molecule has 0 amide bonds. The molecule has 5 heteroatoms. The van der Waals surface area contributed by atoms with Gasteiger partial charge in [-0.3, -0.25) is 0 Å². The zero-order valence-corrected chi connectivity index (χ0v) is 13.4. The first-order chi connectivity index (χ1) is 9.56. The Morgan fingerprint density at radius 1 is 1.25 bits per heavy atom. The van der Waals surface area contributed by atoms with Crippen LogP contribution in [0.4, 0.5) is 4.39 Å². The van der Waals surface area contributed by atoms with Gasteiger partial charge in [0.15, 0.2) is 0 Å². The van der Waals surface area contributed by atoms with Crippen molar-refractivity contribution in [2.24, 2.45) is 0 Å². The Kier molecular flexibility index (Phi) is 5.02. The molecule has 1 atom stereocenters. The monoisotopic (exact) mass is 357 g/mol. The summed E-state index contributed by atoms with van der Waals surface area (Å²) in [6, 6.07) is 10.1. The molecule has 0 aliphatic rings. The van der Waals surface area contributed by atoms with Crippen molar-refractivity contribution in [2.75, 3.05) is 14.2 Å². The van der Waals surface area contributed by atoms with Crippen LogP contribution in [-0.2, 0) is 0 Å². The first kappa shape index (κ1) is 15.3. The molecule has 0 saturated carbocycles. The number of rotatable bonds is 4. The van der Waals surface area contributed by atoms with E-state index < -0.39 is 0 Å². The molecule has 2 nitrogen and oxygen atoms in total. The number of benzene rings is 2. The third kappa shape index (κ3) is 3.14. The van der Waals surface area contributed by atoms with Gasteiger partial charge in [0.2, 0.25) is 0 Å². The highest BCUT2D eigenvalue weighted by Crippen LogP contribution is 2.33. The van der Waals surface area contributed by atoms with Gasteiger partial charge in [0.25, 0.3) is 0 Å². The molecular weight excluding hydrogens is 345 g/mol. The first-order valence-corrected chi connectivity index (χ1v) is 7.19. The number of methoxy groups -OCH3 is 1. The molecular formula is C15H14BrClFNO. The van der Waals surface area contributed by atoms with E-state index in [1.165, 1.54) is 12.1 Å². The Balaban J connectivity index is 2.46. The Morgan fingerprint density at radius 2 is 2.00 bits per heavy atom. The molecule has 0 radical (unpaired) electrons. The van der Waals surface area contributed by atoms with Crippen LogP contribution in [0.3, 0.4) is 0 Å². The molecule has 0 spiro atoms. The van der Waals surface area contributed by atoms with E-state index in [1.807, 2.05) is 19.2 Å². The molecule has 0 fully saturated rings. The van der Waals surface area contributed by atoms with Crippen molar-refractivity contribution in [1.82, 2.24) is 5.32 Å². The predicted octanol–water partition coefficient (Wildman–Crippen LogP) is 4.56. The maximum Gasteiger partial charge on any atom is 0.137 e. The molecule has 2 rings (SSSR count). The summed E-state index contributed by atoms with van der Waals surface area (Å²) in [5, 5.41) is 3.77. The average Bonchev–Trinajstić information content (AvgIpc) is 2.43. The predicted molar refractivity (Wildman–Crippen MR) is 83.0 cm³/mol. The van der Waals surface area contributed by atoms with Crippen LogP contribution in [0.15, 0.2) is 40.9 Å². The summed E-state index contributed by atoms with van der Waals surface area (Å²) in [4.78, 5) is 0. The highest BCUT2D eigenvalue weighted by atomic mass is 79.9. The fourth-order valence-corrected chi connectivity index (χ4v) is 2.87. The minimum Gasteiger partial charge on any atom is -0.495 e. The minimum atomic E-state index is -0.274. The van der Waals surface area contributed by atoms with E-state index in [2.05, 4.69) is 21.2 Å². The van der Waals surface area contributed by atoms with E-state index in [-0.39, 0.29) is 11.9 Å². The molecule has 0 bridgehead atoms. The van der Waals surface area contributed by atoms with Crippen molar-refractivity contribution in [3.8, 4) is 5.75 Å². The molecule has 1 N–H and O–H groups in total. The summed E-state index contributed by atoms with van der Waals surface area (Å²) in [5.41, 5.74) is 1.93. The van der Waals surface area contributed by atoms with Gasteiger partial charge in [-0.1, -0.05) is 39.7 Å². The molecule has 106 valence electrons. The van der Waals surface area contributed by atoms with Crippen LogP contribution in [0.5, 0.6) is 5.75 Å². The van der Waals surface area contributed by atoms with Gasteiger partial charge in [-0.2, -0.15) is 0 Å². The summed E-state index contributed by atoms with van der Waals surface area (Å²) in [6.07, 6.45) is 0. The van der Waals surface area contributed by atoms with Crippen LogP contribution >= 0.6 is 27.5 Å². The Bertz CT molecular complexity index is 621. The summed E-state index contributed by atoms with van der Waals surface area (Å²) in [7, 11) is 3.43. The second-order valence-electron chi connectivity index (χ2n) is 4.28. The van der Waals surface area contributed by atoms with Gasteiger partial charge in [0.1, 0.15) is 11.6 Å². The van der Waals surface area contributed by atoms with Crippen molar-refractivity contribution in [1.29, 1.82) is 0 Å². The highest BCUT2D eigenvalue weighted by Gasteiger charge is 2.17. The molecule has 0 heterocycles. The van der Waals surface area contributed by atoms with E-state index in [1.54, 1.807) is 19.2 Å². The third-order valence-corrected chi connectivity index (χ3v) is 4.07. The summed E-state index contributed by atoms with van der Waals surface area (Å²) in [5.74, 6) is 0.340. The van der Waals surface area contributed by atoms with E-state index in [4.69, 9.17) is 16.3 Å². The largest absolute Gasteiger partial charge is 0.495 e. The van der Waals surface area contributed by atoms with Crippen molar-refractivity contribution in [3.05, 3.63) is 62.8 Å². The fourth-order valence-electron chi connectivity index (χ4n) is 2.09. The number of halogens is 3. The number of hydrogen-bond donors (Lipinski definition) is 1. The van der Waals surface area contributed by atoms with Gasteiger partial charge in [0.05, 0.1) is 18.2 Å². The normalized spacial score (nSPS) is 12.2. The summed E-state index contributed by atoms with van der Waals surface area (Å²) < 4.78 is 19.1. The van der Waals surface area contributed by atoms with Crippen molar-refractivity contribution >= 4 is 27.5 Å². The van der Waals surface area contributed by atoms with Crippen LogP contribution in [0.25, 0.3) is 0 Å². The molecule has 20 heavy (non-hydrogen) atoms. The van der Waals surface area contributed by atoms with Crippen LogP contribution in [-0.4, -0.2) is 14.2 Å². The van der Waals surface area contributed by atoms with Gasteiger partial charge in [0, 0.05) is 4.47 Å². The lowest BCUT2D eigenvalue weighted by Gasteiger charge is -2.19. The average molecular weight is 359 g/mol. The smallest absolute Gasteiger partial charge is 0.137 e. The van der Waals surface area contributed by atoms with Gasteiger partial charge in [-0.15, -0.1) is 0 Å². The van der Waals surface area contributed by atoms with E-state index in [0.29, 0.717) is 15.2 Å². The molecule has 2 aromatic carbocycles. The van der Waals surface area contributed by atoms with Gasteiger partial charge in [-0.25, -0.2) is 4.39 Å². The van der Waals surface area contributed by atoms with E-state index in [0.717, 1.165) is 11.1 Å². The Morgan fingerprint density at radius 3 is 2.60 bits per heavy atom. The number of hydrogen-bond acceptors (Lipinski definition) is 2. The van der Waals surface area contributed by atoms with E-state index in [9.17, 15) is 4.39 Å². The lowest BCUT2D eigenvalue weighted by molar-refractivity contribution is 0.414. The summed E-state index contributed by atoms with van der Waals surface area (Å²) in [6.45, 7) is 0. The number of nitrogens with one attached hydrogen (secondary N) is 1. The van der Waals surface area contributed by atoms with Gasteiger partial charge < -0.3 is 10.1 Å². The Labute approximate surface area is 131 Å². The maximum absolute atomic E-state index is 13.2. The van der Waals surface area contributed by atoms with Crippen LogP contribution in [0.2, 0.25) is 5.02 Å². The molecule has 0 aliphatic carbocycles. The van der Waals surface area contributed by atoms with Crippen molar-refractivity contribution in [3.63, 3.8) is 0 Å². The minimum absolute atomic E-state index is 0.0869. The second-order valence-corrected chi connectivity index (χ2v) is 5.54. The van der Waals surface area contributed by atoms with Crippen LogP contribution < -0.4 is 10.1 Å². The quantitative estimate of drug-likeness (QED) is 0.865. The standard InChI is InChI=1S/C15H14BrClFNO/c1-19-15(11-5-4-10(18)8-12(11)16)9-3-6-13(17)14(7-9)20-2/h3-8,15,19H,1-2H3. The topological polar surface area (TPSA) is 21.3 Å². The molecule has 0 saturated heterocycles. The van der Waals surface area contributed by atoms with Gasteiger partial charge in [-0.05, 0) is 42.4 Å². The van der Waals surface area contributed by atoms with Gasteiger partial charge >= 0.3 is 0 Å². The second kappa shape index (κ2) is 6.57. The molecule has 0 aromatic heterocycles. The molecule has 0 aliphatic heterocycles. The van der Waals surface area contributed by atoms with Crippen molar-refractivity contribution < 1.29 is 9.13 Å². The maximum atomic E-state index is 13.2. The van der Waals surface area contributed by atoms with Crippen molar-refractivity contribution in [2.45, 2.75) is 6.04 Å². The van der Waals surface area contributed by atoms with E-state index >= 15 is 0 Å².